The van der Waals surface area contributed by atoms with Crippen molar-refractivity contribution in [1.82, 2.24) is 4.90 Å². The number of amides is 1. The van der Waals surface area contributed by atoms with E-state index in [1.54, 1.807) is 35.2 Å². The number of carbonyl (C=O) groups excluding carboxylic acids is 1. The van der Waals surface area contributed by atoms with Gasteiger partial charge in [-0.05, 0) is 42.0 Å². The standard InChI is InChI=1S/C17H14Cl3NO2/c18-13-3-1-2-11(6-13)17(22)21-4-5-23-16(10-21)12-7-14(19)9-15(20)8-12/h1-3,6-9,16H,4-5,10H2. The van der Waals surface area contributed by atoms with Gasteiger partial charge in [-0.3, -0.25) is 4.79 Å². The number of halogens is 3. The summed E-state index contributed by atoms with van der Waals surface area (Å²) in [4.78, 5) is 14.4. The van der Waals surface area contributed by atoms with E-state index in [9.17, 15) is 4.79 Å². The van der Waals surface area contributed by atoms with Crippen LogP contribution in [0.25, 0.3) is 0 Å². The van der Waals surface area contributed by atoms with E-state index in [2.05, 4.69) is 0 Å². The molecule has 0 bridgehead atoms. The van der Waals surface area contributed by atoms with E-state index in [1.165, 1.54) is 0 Å². The molecule has 23 heavy (non-hydrogen) atoms. The lowest BCUT2D eigenvalue weighted by molar-refractivity contribution is -0.0228. The average molecular weight is 371 g/mol. The quantitative estimate of drug-likeness (QED) is 0.755. The molecule has 0 radical (unpaired) electrons. The van der Waals surface area contributed by atoms with Gasteiger partial charge in [0.25, 0.3) is 5.91 Å². The van der Waals surface area contributed by atoms with Gasteiger partial charge in [-0.25, -0.2) is 0 Å². The zero-order valence-electron chi connectivity index (χ0n) is 12.1. The van der Waals surface area contributed by atoms with Gasteiger partial charge in [-0.15, -0.1) is 0 Å². The zero-order chi connectivity index (χ0) is 16.4. The van der Waals surface area contributed by atoms with Crippen molar-refractivity contribution in [2.75, 3.05) is 19.7 Å². The Morgan fingerprint density at radius 2 is 1.78 bits per heavy atom. The van der Waals surface area contributed by atoms with E-state index in [0.717, 1.165) is 5.56 Å². The predicted octanol–water partition coefficient (Wildman–Crippen LogP) is 4.86. The highest BCUT2D eigenvalue weighted by Crippen LogP contribution is 2.28. The van der Waals surface area contributed by atoms with Crippen LogP contribution in [0.3, 0.4) is 0 Å². The van der Waals surface area contributed by atoms with Crippen molar-refractivity contribution in [2.45, 2.75) is 6.10 Å². The van der Waals surface area contributed by atoms with Crippen molar-refractivity contribution in [3.63, 3.8) is 0 Å². The van der Waals surface area contributed by atoms with Gasteiger partial charge in [0.2, 0.25) is 0 Å². The van der Waals surface area contributed by atoms with Crippen LogP contribution in [0, 0.1) is 0 Å². The number of benzene rings is 2. The maximum absolute atomic E-state index is 12.6. The molecular formula is C17H14Cl3NO2. The second kappa shape index (κ2) is 7.10. The normalized spacial score (nSPS) is 18.0. The molecule has 1 atom stereocenters. The molecule has 1 aliphatic heterocycles. The minimum atomic E-state index is -0.247. The number of hydrogen-bond donors (Lipinski definition) is 0. The van der Waals surface area contributed by atoms with E-state index in [4.69, 9.17) is 39.5 Å². The Kier molecular flexibility index (Phi) is 5.12. The highest BCUT2D eigenvalue weighted by molar-refractivity contribution is 6.34. The molecule has 0 aromatic heterocycles. The number of rotatable bonds is 2. The molecule has 3 nitrogen and oxygen atoms in total. The average Bonchev–Trinajstić information content (AvgIpc) is 2.53. The molecule has 0 N–H and O–H groups in total. The Balaban J connectivity index is 1.79. The fraction of sp³-hybridized carbons (Fsp3) is 0.235. The van der Waals surface area contributed by atoms with Crippen molar-refractivity contribution in [3.8, 4) is 0 Å². The van der Waals surface area contributed by atoms with Crippen LogP contribution in [-0.4, -0.2) is 30.5 Å². The highest BCUT2D eigenvalue weighted by Gasteiger charge is 2.26. The summed E-state index contributed by atoms with van der Waals surface area (Å²) >= 11 is 18.1. The molecule has 2 aromatic carbocycles. The summed E-state index contributed by atoms with van der Waals surface area (Å²) in [6.07, 6.45) is -0.247. The van der Waals surface area contributed by atoms with Gasteiger partial charge in [0.1, 0.15) is 6.10 Å². The number of nitrogens with zero attached hydrogens (tertiary/aromatic N) is 1. The summed E-state index contributed by atoms with van der Waals surface area (Å²) in [6, 6.07) is 12.2. The number of hydrogen-bond acceptors (Lipinski definition) is 2. The molecule has 3 rings (SSSR count). The monoisotopic (exact) mass is 369 g/mol. The third-order valence-corrected chi connectivity index (χ3v) is 4.35. The number of ether oxygens (including phenoxy) is 1. The Morgan fingerprint density at radius 3 is 2.48 bits per heavy atom. The molecule has 1 fully saturated rings. The van der Waals surface area contributed by atoms with Crippen molar-refractivity contribution >= 4 is 40.7 Å². The van der Waals surface area contributed by atoms with Crippen LogP contribution in [0.15, 0.2) is 42.5 Å². The van der Waals surface area contributed by atoms with Crippen LogP contribution in [0.1, 0.15) is 22.0 Å². The molecule has 120 valence electrons. The first-order valence-electron chi connectivity index (χ1n) is 7.15. The molecule has 2 aromatic rings. The maximum Gasteiger partial charge on any atom is 0.254 e. The van der Waals surface area contributed by atoms with Gasteiger partial charge in [0, 0.05) is 27.2 Å². The van der Waals surface area contributed by atoms with Crippen LogP contribution in [0.4, 0.5) is 0 Å². The lowest BCUT2D eigenvalue weighted by Gasteiger charge is -2.33. The van der Waals surface area contributed by atoms with E-state index >= 15 is 0 Å². The fourth-order valence-corrected chi connectivity index (χ4v) is 3.33. The first kappa shape index (κ1) is 16.6. The van der Waals surface area contributed by atoms with Crippen LogP contribution in [0.2, 0.25) is 15.1 Å². The van der Waals surface area contributed by atoms with Gasteiger partial charge in [0.15, 0.2) is 0 Å². The molecule has 6 heteroatoms. The molecule has 0 saturated carbocycles. The molecule has 1 amide bonds. The fourth-order valence-electron chi connectivity index (χ4n) is 2.60. The van der Waals surface area contributed by atoms with Crippen molar-refractivity contribution < 1.29 is 9.53 Å². The molecule has 0 spiro atoms. The summed E-state index contributed by atoms with van der Waals surface area (Å²) in [5.41, 5.74) is 1.44. The largest absolute Gasteiger partial charge is 0.370 e. The lowest BCUT2D eigenvalue weighted by atomic mass is 10.1. The summed E-state index contributed by atoms with van der Waals surface area (Å²) in [7, 11) is 0. The predicted molar refractivity (Wildman–Crippen MR) is 92.5 cm³/mol. The van der Waals surface area contributed by atoms with Gasteiger partial charge >= 0.3 is 0 Å². The topological polar surface area (TPSA) is 29.5 Å². The van der Waals surface area contributed by atoms with Gasteiger partial charge < -0.3 is 9.64 Å². The first-order valence-corrected chi connectivity index (χ1v) is 8.29. The van der Waals surface area contributed by atoms with Crippen molar-refractivity contribution in [1.29, 1.82) is 0 Å². The highest BCUT2D eigenvalue weighted by atomic mass is 35.5. The molecule has 1 aliphatic rings. The third-order valence-electron chi connectivity index (χ3n) is 3.68. The molecular weight excluding hydrogens is 357 g/mol. The Hall–Kier alpha value is -1.26. The SMILES string of the molecule is O=C(c1cccc(Cl)c1)N1CCOC(c2cc(Cl)cc(Cl)c2)C1. The summed E-state index contributed by atoms with van der Waals surface area (Å²) < 4.78 is 5.78. The molecule has 1 heterocycles. The van der Waals surface area contributed by atoms with Gasteiger partial charge in [-0.2, -0.15) is 0 Å². The van der Waals surface area contributed by atoms with Crippen LogP contribution in [0.5, 0.6) is 0 Å². The third kappa shape index (κ3) is 3.99. The van der Waals surface area contributed by atoms with E-state index in [-0.39, 0.29) is 12.0 Å². The van der Waals surface area contributed by atoms with E-state index < -0.39 is 0 Å². The number of carbonyl (C=O) groups is 1. The first-order chi connectivity index (χ1) is 11.0. The minimum Gasteiger partial charge on any atom is -0.370 e. The molecule has 1 unspecified atom stereocenters. The molecule has 1 saturated heterocycles. The van der Waals surface area contributed by atoms with Gasteiger partial charge in [0.05, 0.1) is 13.2 Å². The Morgan fingerprint density at radius 1 is 1.04 bits per heavy atom. The Labute approximate surface area is 149 Å². The van der Waals surface area contributed by atoms with Crippen LogP contribution in [-0.2, 0) is 4.74 Å². The maximum atomic E-state index is 12.6. The van der Waals surface area contributed by atoms with E-state index in [1.807, 2.05) is 12.1 Å². The second-order valence-corrected chi connectivity index (χ2v) is 6.63. The van der Waals surface area contributed by atoms with Gasteiger partial charge in [-0.1, -0.05) is 40.9 Å². The zero-order valence-corrected chi connectivity index (χ0v) is 14.4. The molecule has 0 aliphatic carbocycles. The van der Waals surface area contributed by atoms with Crippen molar-refractivity contribution in [2.24, 2.45) is 0 Å². The summed E-state index contributed by atoms with van der Waals surface area (Å²) in [6.45, 7) is 1.44. The Bertz CT molecular complexity index is 715. The smallest absolute Gasteiger partial charge is 0.254 e. The lowest BCUT2D eigenvalue weighted by Crippen LogP contribution is -2.42. The summed E-state index contributed by atoms with van der Waals surface area (Å²) in [5, 5.41) is 1.64. The van der Waals surface area contributed by atoms with Crippen molar-refractivity contribution in [3.05, 3.63) is 68.7 Å². The van der Waals surface area contributed by atoms with Crippen LogP contribution >= 0.6 is 34.8 Å². The van der Waals surface area contributed by atoms with E-state index in [0.29, 0.717) is 40.3 Å². The minimum absolute atomic E-state index is 0.0612. The second-order valence-electron chi connectivity index (χ2n) is 5.32. The number of morpholine rings is 1. The van der Waals surface area contributed by atoms with Crippen LogP contribution < -0.4 is 0 Å². The summed E-state index contributed by atoms with van der Waals surface area (Å²) in [5.74, 6) is -0.0612.